The Balaban J connectivity index is 1.83. The second-order valence-electron chi connectivity index (χ2n) is 6.18. The van der Waals surface area contributed by atoms with Crippen LogP contribution in [-0.2, 0) is 11.3 Å². The molecular formula is C17H23F3N2O2. The monoisotopic (exact) mass is 344 g/mol. The van der Waals surface area contributed by atoms with Crippen molar-refractivity contribution in [1.29, 1.82) is 0 Å². The largest absolute Gasteiger partial charge is 0.573 e. The number of amides is 1. The van der Waals surface area contributed by atoms with Crippen LogP contribution in [0.2, 0.25) is 0 Å². The van der Waals surface area contributed by atoms with Crippen LogP contribution >= 0.6 is 0 Å². The van der Waals surface area contributed by atoms with E-state index in [2.05, 4.69) is 10.1 Å². The molecule has 0 saturated carbocycles. The SMILES string of the molecule is CN(Cc1cccc(OC(F)(F)F)c1)C(=O)CCC1CCNCC1. The highest BCUT2D eigenvalue weighted by Gasteiger charge is 2.31. The molecule has 1 saturated heterocycles. The van der Waals surface area contributed by atoms with E-state index in [1.165, 1.54) is 18.2 Å². The summed E-state index contributed by atoms with van der Waals surface area (Å²) in [4.78, 5) is 13.8. The number of piperidine rings is 1. The maximum atomic E-state index is 12.2. The van der Waals surface area contributed by atoms with Gasteiger partial charge in [0.2, 0.25) is 5.91 Å². The highest BCUT2D eigenvalue weighted by atomic mass is 19.4. The summed E-state index contributed by atoms with van der Waals surface area (Å²) in [7, 11) is 1.67. The fourth-order valence-corrected chi connectivity index (χ4v) is 2.89. The number of rotatable bonds is 6. The van der Waals surface area contributed by atoms with Crippen LogP contribution in [0.15, 0.2) is 24.3 Å². The Morgan fingerprint density at radius 3 is 2.71 bits per heavy atom. The first-order valence-corrected chi connectivity index (χ1v) is 8.13. The Hall–Kier alpha value is -1.76. The summed E-state index contributed by atoms with van der Waals surface area (Å²) in [5, 5.41) is 3.29. The molecular weight excluding hydrogens is 321 g/mol. The Bertz CT molecular complexity index is 543. The van der Waals surface area contributed by atoms with Gasteiger partial charge in [-0.3, -0.25) is 4.79 Å². The van der Waals surface area contributed by atoms with E-state index >= 15 is 0 Å². The summed E-state index contributed by atoms with van der Waals surface area (Å²) in [5.74, 6) is 0.318. The standard InChI is InChI=1S/C17H23F3N2O2/c1-22(16(23)6-5-13-7-9-21-10-8-13)12-14-3-2-4-15(11-14)24-17(18,19)20/h2-4,11,13,21H,5-10,12H2,1H3. The van der Waals surface area contributed by atoms with Crippen molar-refractivity contribution in [3.8, 4) is 5.75 Å². The van der Waals surface area contributed by atoms with Gasteiger partial charge in [0.05, 0.1) is 0 Å². The number of carbonyl (C=O) groups is 1. The summed E-state index contributed by atoms with van der Waals surface area (Å²) in [6.07, 6.45) is -1.20. The van der Waals surface area contributed by atoms with E-state index < -0.39 is 6.36 Å². The highest BCUT2D eigenvalue weighted by molar-refractivity contribution is 5.75. The first-order chi connectivity index (χ1) is 11.3. The zero-order chi connectivity index (χ0) is 17.6. The molecule has 1 heterocycles. The quantitative estimate of drug-likeness (QED) is 0.861. The Morgan fingerprint density at radius 2 is 2.04 bits per heavy atom. The van der Waals surface area contributed by atoms with Gasteiger partial charge in [-0.15, -0.1) is 13.2 Å². The second kappa shape index (κ2) is 8.37. The van der Waals surface area contributed by atoms with E-state index in [0.717, 1.165) is 32.4 Å². The lowest BCUT2D eigenvalue weighted by molar-refractivity contribution is -0.274. The molecule has 0 unspecified atom stereocenters. The predicted octanol–water partition coefficient (Wildman–Crippen LogP) is 3.32. The molecule has 1 aliphatic heterocycles. The lowest BCUT2D eigenvalue weighted by Gasteiger charge is -2.23. The molecule has 0 radical (unpaired) electrons. The molecule has 7 heteroatoms. The molecule has 0 atom stereocenters. The van der Waals surface area contributed by atoms with Crippen LogP contribution in [0.1, 0.15) is 31.2 Å². The molecule has 0 spiro atoms. The number of alkyl halides is 3. The maximum Gasteiger partial charge on any atom is 0.573 e. The van der Waals surface area contributed by atoms with E-state index in [1.807, 2.05) is 0 Å². The molecule has 0 aliphatic carbocycles. The average molecular weight is 344 g/mol. The molecule has 1 aromatic carbocycles. The number of nitrogens with one attached hydrogen (secondary N) is 1. The van der Waals surface area contributed by atoms with Crippen molar-refractivity contribution in [2.75, 3.05) is 20.1 Å². The smallest absolute Gasteiger partial charge is 0.406 e. The van der Waals surface area contributed by atoms with Gasteiger partial charge in [0.25, 0.3) is 0 Å². The van der Waals surface area contributed by atoms with E-state index in [4.69, 9.17) is 0 Å². The molecule has 2 rings (SSSR count). The third-order valence-corrected chi connectivity index (χ3v) is 4.20. The van der Waals surface area contributed by atoms with Crippen LogP contribution in [0.3, 0.4) is 0 Å². The lowest BCUT2D eigenvalue weighted by atomic mass is 9.93. The van der Waals surface area contributed by atoms with Gasteiger partial charge in [0, 0.05) is 20.0 Å². The van der Waals surface area contributed by atoms with Crippen molar-refractivity contribution in [2.24, 2.45) is 5.92 Å². The van der Waals surface area contributed by atoms with Crippen molar-refractivity contribution in [1.82, 2.24) is 10.2 Å². The van der Waals surface area contributed by atoms with Gasteiger partial charge >= 0.3 is 6.36 Å². The fraction of sp³-hybridized carbons (Fsp3) is 0.588. The molecule has 0 bridgehead atoms. The van der Waals surface area contributed by atoms with Crippen LogP contribution in [0, 0.1) is 5.92 Å². The first kappa shape index (κ1) is 18.6. The van der Waals surface area contributed by atoms with Gasteiger partial charge in [-0.05, 0) is 56.0 Å². The number of hydrogen-bond donors (Lipinski definition) is 1. The number of benzene rings is 1. The number of hydrogen-bond acceptors (Lipinski definition) is 3. The summed E-state index contributed by atoms with van der Waals surface area (Å²) >= 11 is 0. The van der Waals surface area contributed by atoms with Crippen molar-refractivity contribution in [2.45, 2.75) is 38.6 Å². The Morgan fingerprint density at radius 1 is 1.33 bits per heavy atom. The van der Waals surface area contributed by atoms with E-state index in [0.29, 0.717) is 17.9 Å². The minimum atomic E-state index is -4.71. The summed E-state index contributed by atoms with van der Waals surface area (Å²) in [5.41, 5.74) is 0.606. The molecule has 1 N–H and O–H groups in total. The molecule has 0 aromatic heterocycles. The van der Waals surface area contributed by atoms with Crippen molar-refractivity contribution in [3.05, 3.63) is 29.8 Å². The third kappa shape index (κ3) is 6.39. The summed E-state index contributed by atoms with van der Waals surface area (Å²) < 4.78 is 40.7. The van der Waals surface area contributed by atoms with Gasteiger partial charge in [0.1, 0.15) is 5.75 Å². The number of ether oxygens (including phenoxy) is 1. The topological polar surface area (TPSA) is 41.6 Å². The average Bonchev–Trinajstić information content (AvgIpc) is 2.52. The van der Waals surface area contributed by atoms with Gasteiger partial charge in [-0.25, -0.2) is 0 Å². The molecule has 4 nitrogen and oxygen atoms in total. The lowest BCUT2D eigenvalue weighted by Crippen LogP contribution is -2.30. The van der Waals surface area contributed by atoms with E-state index in [1.54, 1.807) is 18.0 Å². The predicted molar refractivity (Wildman–Crippen MR) is 84.4 cm³/mol. The van der Waals surface area contributed by atoms with Crippen molar-refractivity contribution >= 4 is 5.91 Å². The van der Waals surface area contributed by atoms with Crippen LogP contribution in [0.4, 0.5) is 13.2 Å². The highest BCUT2D eigenvalue weighted by Crippen LogP contribution is 2.24. The van der Waals surface area contributed by atoms with Crippen LogP contribution in [0.25, 0.3) is 0 Å². The molecule has 1 aromatic rings. The van der Waals surface area contributed by atoms with Gasteiger partial charge in [0.15, 0.2) is 0 Å². The van der Waals surface area contributed by atoms with Crippen molar-refractivity contribution < 1.29 is 22.7 Å². The molecule has 1 amide bonds. The van der Waals surface area contributed by atoms with Gasteiger partial charge in [-0.2, -0.15) is 0 Å². The normalized spacial score (nSPS) is 16.0. The minimum Gasteiger partial charge on any atom is -0.406 e. The molecule has 24 heavy (non-hydrogen) atoms. The molecule has 1 aliphatic rings. The number of nitrogens with zero attached hydrogens (tertiary/aromatic N) is 1. The minimum absolute atomic E-state index is 0.00988. The zero-order valence-electron chi connectivity index (χ0n) is 13.7. The zero-order valence-corrected chi connectivity index (χ0v) is 13.7. The van der Waals surface area contributed by atoms with Crippen LogP contribution < -0.4 is 10.1 Å². The Kier molecular flexibility index (Phi) is 6.48. The second-order valence-corrected chi connectivity index (χ2v) is 6.18. The summed E-state index contributed by atoms with van der Waals surface area (Å²) in [6.45, 7) is 2.27. The Labute approximate surface area is 140 Å². The molecule has 1 fully saturated rings. The van der Waals surface area contributed by atoms with E-state index in [9.17, 15) is 18.0 Å². The maximum absolute atomic E-state index is 12.2. The number of carbonyl (C=O) groups excluding carboxylic acids is 1. The van der Waals surface area contributed by atoms with Crippen molar-refractivity contribution in [3.63, 3.8) is 0 Å². The van der Waals surface area contributed by atoms with Crippen LogP contribution in [0.5, 0.6) is 5.75 Å². The van der Waals surface area contributed by atoms with Gasteiger partial charge in [-0.1, -0.05) is 12.1 Å². The fourth-order valence-electron chi connectivity index (χ4n) is 2.89. The number of halogens is 3. The summed E-state index contributed by atoms with van der Waals surface area (Å²) in [6, 6.07) is 5.73. The third-order valence-electron chi connectivity index (χ3n) is 4.20. The van der Waals surface area contributed by atoms with Gasteiger partial charge < -0.3 is 15.0 Å². The van der Waals surface area contributed by atoms with Crippen LogP contribution in [-0.4, -0.2) is 37.3 Å². The first-order valence-electron chi connectivity index (χ1n) is 8.13. The molecule has 134 valence electrons. The van der Waals surface area contributed by atoms with E-state index in [-0.39, 0.29) is 18.2 Å².